The van der Waals surface area contributed by atoms with Gasteiger partial charge >= 0.3 is 5.97 Å². The van der Waals surface area contributed by atoms with Crippen LogP contribution in [0, 0.1) is 24.4 Å². The van der Waals surface area contributed by atoms with Gasteiger partial charge in [-0.05, 0) is 13.0 Å². The fourth-order valence-electron chi connectivity index (χ4n) is 2.47. The fourth-order valence-corrected chi connectivity index (χ4v) is 2.75. The predicted octanol–water partition coefficient (Wildman–Crippen LogP) is 3.05. The number of hydrogen-bond acceptors (Lipinski definition) is 4. The highest BCUT2D eigenvalue weighted by Gasteiger charge is 2.22. The highest BCUT2D eigenvalue weighted by atomic mass is 35.5. The Hall–Kier alpha value is -3.07. The number of fused-ring (bicyclic) bond motifs is 1. The van der Waals surface area contributed by atoms with E-state index in [2.05, 4.69) is 4.98 Å². The lowest BCUT2D eigenvalue weighted by Gasteiger charge is -2.15. The molecule has 6 nitrogen and oxygen atoms in total. The van der Waals surface area contributed by atoms with Crippen molar-refractivity contribution in [1.29, 1.82) is 0 Å². The van der Waals surface area contributed by atoms with Gasteiger partial charge < -0.3 is 10.8 Å². The molecule has 3 N–H and O–H groups in total. The first-order valence-corrected chi connectivity index (χ1v) is 7.40. The van der Waals surface area contributed by atoms with E-state index in [0.29, 0.717) is 6.07 Å². The number of carbonyl (C=O) groups is 1. The number of aromatic nitrogens is 2. The van der Waals surface area contributed by atoms with Gasteiger partial charge in [-0.3, -0.25) is 9.36 Å². The summed E-state index contributed by atoms with van der Waals surface area (Å²) in [5.41, 5.74) is 3.33. The third kappa shape index (κ3) is 2.57. The van der Waals surface area contributed by atoms with Crippen molar-refractivity contribution < 1.29 is 23.1 Å². The molecule has 1 aromatic carbocycles. The fraction of sp³-hybridized carbons (Fsp3) is 0.0625. The van der Waals surface area contributed by atoms with Crippen molar-refractivity contribution in [3.63, 3.8) is 0 Å². The third-order valence-corrected chi connectivity index (χ3v) is 4.27. The van der Waals surface area contributed by atoms with Crippen LogP contribution in [0.4, 0.5) is 19.0 Å². The van der Waals surface area contributed by atoms with Gasteiger partial charge in [-0.15, -0.1) is 0 Å². The van der Waals surface area contributed by atoms with Crippen molar-refractivity contribution in [3.8, 4) is 5.82 Å². The Kier molecular flexibility index (Phi) is 4.11. The molecule has 2 heterocycles. The van der Waals surface area contributed by atoms with Crippen molar-refractivity contribution >= 4 is 34.3 Å². The van der Waals surface area contributed by atoms with E-state index in [0.717, 1.165) is 16.8 Å². The molecule has 3 aromatic rings. The van der Waals surface area contributed by atoms with Crippen LogP contribution in [0.3, 0.4) is 0 Å². The number of hydrogen-bond donors (Lipinski definition) is 2. The van der Waals surface area contributed by atoms with Gasteiger partial charge in [0.05, 0.1) is 15.9 Å². The number of rotatable bonds is 2. The normalized spacial score (nSPS) is 11.1. The number of carboxylic acids is 1. The van der Waals surface area contributed by atoms with Gasteiger partial charge in [-0.1, -0.05) is 11.6 Å². The van der Waals surface area contributed by atoms with Crippen molar-refractivity contribution in [2.45, 2.75) is 6.92 Å². The first-order chi connectivity index (χ1) is 12.1. The van der Waals surface area contributed by atoms with Crippen molar-refractivity contribution in [2.75, 3.05) is 5.73 Å². The second-order valence-corrected chi connectivity index (χ2v) is 5.78. The molecule has 0 saturated heterocycles. The maximum absolute atomic E-state index is 14.3. The van der Waals surface area contributed by atoms with Crippen LogP contribution in [-0.2, 0) is 0 Å². The van der Waals surface area contributed by atoms with E-state index in [9.17, 15) is 27.9 Å². The zero-order chi connectivity index (χ0) is 19.3. The highest BCUT2D eigenvalue weighted by Crippen LogP contribution is 2.30. The number of nitrogen functional groups attached to an aromatic ring is 1. The molecule has 0 unspecified atom stereocenters. The summed E-state index contributed by atoms with van der Waals surface area (Å²) in [6.07, 6.45) is 0.777. The van der Waals surface area contributed by atoms with Gasteiger partial charge in [0.25, 0.3) is 0 Å². The van der Waals surface area contributed by atoms with E-state index in [1.807, 2.05) is 0 Å². The number of anilines is 1. The minimum Gasteiger partial charge on any atom is -0.477 e. The van der Waals surface area contributed by atoms with Gasteiger partial charge in [0, 0.05) is 17.8 Å². The van der Waals surface area contributed by atoms with Gasteiger partial charge in [-0.2, -0.15) is 0 Å². The van der Waals surface area contributed by atoms with Crippen LogP contribution in [0.1, 0.15) is 15.9 Å². The Morgan fingerprint density at radius 1 is 1.23 bits per heavy atom. The topological polar surface area (TPSA) is 98.2 Å². The first-order valence-electron chi connectivity index (χ1n) is 7.02. The summed E-state index contributed by atoms with van der Waals surface area (Å²) in [5.74, 6) is -6.03. The smallest absolute Gasteiger partial charge is 0.341 e. The minimum absolute atomic E-state index is 0.0501. The molecule has 0 bridgehead atoms. The van der Waals surface area contributed by atoms with Crippen LogP contribution in [0.5, 0.6) is 0 Å². The number of benzene rings is 1. The SMILES string of the molecule is Cc1c(F)cc2c(=O)c(C(=O)O)cn(-c3nc(N)c(F)cc3F)c2c1Cl. The molecule has 0 aliphatic rings. The van der Waals surface area contributed by atoms with Gasteiger partial charge in [0.1, 0.15) is 11.4 Å². The average Bonchev–Trinajstić information content (AvgIpc) is 2.57. The summed E-state index contributed by atoms with van der Waals surface area (Å²) in [5, 5.41) is 8.57. The Morgan fingerprint density at radius 2 is 1.88 bits per heavy atom. The van der Waals surface area contributed by atoms with Crippen molar-refractivity contribution in [2.24, 2.45) is 0 Å². The molecule has 0 radical (unpaired) electrons. The molecule has 0 aliphatic carbocycles. The molecule has 10 heteroatoms. The lowest BCUT2D eigenvalue weighted by atomic mass is 10.1. The van der Waals surface area contributed by atoms with E-state index in [1.165, 1.54) is 6.92 Å². The van der Waals surface area contributed by atoms with Gasteiger partial charge in [0.15, 0.2) is 23.3 Å². The standard InChI is InChI=1S/C16H9ClF3N3O3/c1-5-8(18)2-6-12(11(5)17)23(4-7(13(6)24)16(25)26)15-10(20)3-9(19)14(21)22-15/h2-4H,1H3,(H2,21,22)(H,25,26). The van der Waals surface area contributed by atoms with Gasteiger partial charge in [0.2, 0.25) is 5.43 Å². The molecular weight excluding hydrogens is 375 g/mol. The highest BCUT2D eigenvalue weighted by molar-refractivity contribution is 6.36. The number of nitrogens with zero attached hydrogens (tertiary/aromatic N) is 2. The average molecular weight is 384 g/mol. The maximum Gasteiger partial charge on any atom is 0.341 e. The molecule has 0 amide bonds. The quantitative estimate of drug-likeness (QED) is 0.708. The molecule has 0 saturated carbocycles. The van der Waals surface area contributed by atoms with Crippen LogP contribution >= 0.6 is 11.6 Å². The van der Waals surface area contributed by atoms with E-state index in [1.54, 1.807) is 0 Å². The molecule has 0 fully saturated rings. The Bertz CT molecular complexity index is 1160. The predicted molar refractivity (Wildman–Crippen MR) is 88.3 cm³/mol. The Labute approximate surface area is 148 Å². The molecule has 134 valence electrons. The summed E-state index contributed by atoms with van der Waals surface area (Å²) < 4.78 is 42.5. The zero-order valence-electron chi connectivity index (χ0n) is 13.0. The largest absolute Gasteiger partial charge is 0.477 e. The van der Waals surface area contributed by atoms with E-state index < -0.39 is 51.4 Å². The minimum atomic E-state index is -1.63. The Morgan fingerprint density at radius 3 is 2.50 bits per heavy atom. The second kappa shape index (κ2) is 6.03. The van der Waals surface area contributed by atoms with E-state index in [4.69, 9.17) is 17.3 Å². The van der Waals surface area contributed by atoms with Crippen LogP contribution < -0.4 is 11.2 Å². The number of carboxylic acid groups (broad SMARTS) is 1. The van der Waals surface area contributed by atoms with Crippen LogP contribution in [0.2, 0.25) is 5.02 Å². The molecule has 0 spiro atoms. The van der Waals surface area contributed by atoms with Crippen LogP contribution in [0.25, 0.3) is 16.7 Å². The molecular formula is C16H9ClF3N3O3. The van der Waals surface area contributed by atoms with Crippen LogP contribution in [-0.4, -0.2) is 20.6 Å². The molecule has 0 atom stereocenters. The monoisotopic (exact) mass is 383 g/mol. The summed E-state index contributed by atoms with van der Waals surface area (Å²) in [6.45, 7) is 1.32. The number of nitrogens with two attached hydrogens (primary N) is 1. The van der Waals surface area contributed by atoms with Gasteiger partial charge in [-0.25, -0.2) is 22.9 Å². The first kappa shape index (κ1) is 17.7. The van der Waals surface area contributed by atoms with Crippen LogP contribution in [0.15, 0.2) is 23.1 Å². The summed E-state index contributed by atoms with van der Waals surface area (Å²) in [6, 6.07) is 1.25. The second-order valence-electron chi connectivity index (χ2n) is 5.40. The molecule has 26 heavy (non-hydrogen) atoms. The summed E-state index contributed by atoms with van der Waals surface area (Å²) in [4.78, 5) is 27.3. The lowest BCUT2D eigenvalue weighted by molar-refractivity contribution is 0.0695. The molecule has 2 aromatic heterocycles. The summed E-state index contributed by atoms with van der Waals surface area (Å²) in [7, 11) is 0. The van der Waals surface area contributed by atoms with E-state index >= 15 is 0 Å². The van der Waals surface area contributed by atoms with Crippen molar-refractivity contribution in [1.82, 2.24) is 9.55 Å². The zero-order valence-corrected chi connectivity index (χ0v) is 13.7. The number of halogens is 4. The Balaban J connectivity index is 2.59. The molecule has 3 rings (SSSR count). The maximum atomic E-state index is 14.3. The van der Waals surface area contributed by atoms with Crippen molar-refractivity contribution in [3.05, 3.63) is 62.2 Å². The number of aromatic carboxylic acids is 1. The molecule has 0 aliphatic heterocycles. The summed E-state index contributed by atoms with van der Waals surface area (Å²) >= 11 is 6.11. The van der Waals surface area contributed by atoms with E-state index in [-0.39, 0.29) is 16.1 Å². The third-order valence-electron chi connectivity index (χ3n) is 3.81. The number of pyridine rings is 2. The lowest BCUT2D eigenvalue weighted by Crippen LogP contribution is -2.20.